The Morgan fingerprint density at radius 2 is 2.06 bits per heavy atom. The van der Waals surface area contributed by atoms with Gasteiger partial charge < -0.3 is 4.74 Å². The third-order valence-corrected chi connectivity index (χ3v) is 3.53. The van der Waals surface area contributed by atoms with Crippen LogP contribution in [-0.4, -0.2) is 6.61 Å². The molecule has 0 N–H and O–H groups in total. The van der Waals surface area contributed by atoms with Crippen molar-refractivity contribution in [2.45, 2.75) is 39.0 Å². The first-order valence-electron chi connectivity index (χ1n) is 6.43. The van der Waals surface area contributed by atoms with E-state index in [9.17, 15) is 0 Å². The molecule has 17 heavy (non-hydrogen) atoms. The molecule has 1 aliphatic rings. The highest BCUT2D eigenvalue weighted by atomic mass is 16.5. The Kier molecular flexibility index (Phi) is 4.03. The van der Waals surface area contributed by atoms with E-state index in [2.05, 4.69) is 6.07 Å². The van der Waals surface area contributed by atoms with Gasteiger partial charge >= 0.3 is 0 Å². The molecule has 0 aliphatic heterocycles. The van der Waals surface area contributed by atoms with Gasteiger partial charge in [-0.05, 0) is 49.4 Å². The number of nitrogens with zero attached hydrogens (tertiary/aromatic N) is 1. The third-order valence-electron chi connectivity index (χ3n) is 3.53. The summed E-state index contributed by atoms with van der Waals surface area (Å²) in [7, 11) is 0. The van der Waals surface area contributed by atoms with E-state index in [1.165, 1.54) is 32.1 Å². The Morgan fingerprint density at radius 1 is 1.29 bits per heavy atom. The third kappa shape index (κ3) is 3.23. The van der Waals surface area contributed by atoms with Crippen molar-refractivity contribution in [3.63, 3.8) is 0 Å². The highest BCUT2D eigenvalue weighted by Crippen LogP contribution is 2.25. The predicted molar refractivity (Wildman–Crippen MR) is 68.0 cm³/mol. The van der Waals surface area contributed by atoms with Gasteiger partial charge in [-0.1, -0.05) is 19.3 Å². The van der Waals surface area contributed by atoms with Gasteiger partial charge in [0.05, 0.1) is 18.2 Å². The lowest BCUT2D eigenvalue weighted by Crippen LogP contribution is -2.15. The van der Waals surface area contributed by atoms with Crippen molar-refractivity contribution in [3.8, 4) is 11.8 Å². The molecule has 2 nitrogen and oxygen atoms in total. The summed E-state index contributed by atoms with van der Waals surface area (Å²) in [5.74, 6) is 1.62. The Bertz CT molecular complexity index is 413. The molecule has 90 valence electrons. The fraction of sp³-hybridized carbons (Fsp3) is 0.533. The van der Waals surface area contributed by atoms with Gasteiger partial charge in [-0.15, -0.1) is 0 Å². The number of aryl methyl sites for hydroxylation is 1. The average Bonchev–Trinajstić information content (AvgIpc) is 2.38. The normalized spacial score (nSPS) is 16.5. The summed E-state index contributed by atoms with van der Waals surface area (Å²) in [5.41, 5.74) is 1.73. The van der Waals surface area contributed by atoms with Crippen molar-refractivity contribution >= 4 is 0 Å². The molecular formula is C15H19NO. The lowest BCUT2D eigenvalue weighted by molar-refractivity contribution is 0.209. The van der Waals surface area contributed by atoms with E-state index in [1.807, 2.05) is 25.1 Å². The fourth-order valence-corrected chi connectivity index (χ4v) is 2.42. The van der Waals surface area contributed by atoms with Crippen LogP contribution in [0.5, 0.6) is 5.75 Å². The number of nitriles is 1. The van der Waals surface area contributed by atoms with Crippen LogP contribution < -0.4 is 4.74 Å². The summed E-state index contributed by atoms with van der Waals surface area (Å²) < 4.78 is 5.82. The first kappa shape index (κ1) is 12.0. The monoisotopic (exact) mass is 229 g/mol. The van der Waals surface area contributed by atoms with Crippen molar-refractivity contribution in [2.75, 3.05) is 6.61 Å². The smallest absolute Gasteiger partial charge is 0.119 e. The zero-order chi connectivity index (χ0) is 12.1. The minimum Gasteiger partial charge on any atom is -0.493 e. The number of benzene rings is 1. The van der Waals surface area contributed by atoms with Gasteiger partial charge in [0.15, 0.2) is 0 Å². The molecule has 0 amide bonds. The molecule has 1 aliphatic carbocycles. The summed E-state index contributed by atoms with van der Waals surface area (Å²) in [6, 6.07) is 7.87. The highest BCUT2D eigenvalue weighted by molar-refractivity contribution is 5.41. The van der Waals surface area contributed by atoms with E-state index >= 15 is 0 Å². The van der Waals surface area contributed by atoms with Crippen molar-refractivity contribution in [1.82, 2.24) is 0 Å². The topological polar surface area (TPSA) is 33.0 Å². The maximum absolute atomic E-state index is 8.85. The molecule has 1 aromatic rings. The fourth-order valence-electron chi connectivity index (χ4n) is 2.42. The quantitative estimate of drug-likeness (QED) is 0.789. The largest absolute Gasteiger partial charge is 0.493 e. The highest BCUT2D eigenvalue weighted by Gasteiger charge is 2.14. The second-order valence-electron chi connectivity index (χ2n) is 4.90. The van der Waals surface area contributed by atoms with Crippen molar-refractivity contribution in [3.05, 3.63) is 29.3 Å². The van der Waals surface area contributed by atoms with Crippen LogP contribution in [0.1, 0.15) is 43.2 Å². The van der Waals surface area contributed by atoms with Crippen LogP contribution in [0.3, 0.4) is 0 Å². The molecule has 0 saturated heterocycles. The maximum atomic E-state index is 8.85. The zero-order valence-corrected chi connectivity index (χ0v) is 10.4. The second kappa shape index (κ2) is 5.72. The van der Waals surface area contributed by atoms with Crippen LogP contribution in [0.4, 0.5) is 0 Å². The summed E-state index contributed by atoms with van der Waals surface area (Å²) >= 11 is 0. The Morgan fingerprint density at radius 3 is 2.71 bits per heavy atom. The molecule has 0 heterocycles. The van der Waals surface area contributed by atoms with Crippen LogP contribution in [0.15, 0.2) is 18.2 Å². The minimum atomic E-state index is 0.722. The maximum Gasteiger partial charge on any atom is 0.119 e. The molecular weight excluding hydrogens is 210 g/mol. The molecule has 2 rings (SSSR count). The van der Waals surface area contributed by atoms with E-state index in [0.29, 0.717) is 0 Å². The van der Waals surface area contributed by atoms with Gasteiger partial charge in [0.2, 0.25) is 0 Å². The SMILES string of the molecule is Cc1cc(OCC2CCCCC2)ccc1C#N. The lowest BCUT2D eigenvalue weighted by atomic mass is 9.90. The molecule has 0 aromatic heterocycles. The lowest BCUT2D eigenvalue weighted by Gasteiger charge is -2.21. The second-order valence-corrected chi connectivity index (χ2v) is 4.90. The number of hydrogen-bond donors (Lipinski definition) is 0. The van der Waals surface area contributed by atoms with E-state index < -0.39 is 0 Å². The molecule has 1 fully saturated rings. The summed E-state index contributed by atoms with van der Waals surface area (Å²) in [5, 5.41) is 8.85. The summed E-state index contributed by atoms with van der Waals surface area (Å²) in [4.78, 5) is 0. The predicted octanol–water partition coefficient (Wildman–Crippen LogP) is 3.83. The van der Waals surface area contributed by atoms with Gasteiger partial charge in [0, 0.05) is 0 Å². The van der Waals surface area contributed by atoms with Crippen LogP contribution in [0, 0.1) is 24.2 Å². The van der Waals surface area contributed by atoms with E-state index in [-0.39, 0.29) is 0 Å². The molecule has 0 unspecified atom stereocenters. The number of rotatable bonds is 3. The minimum absolute atomic E-state index is 0.722. The van der Waals surface area contributed by atoms with E-state index in [4.69, 9.17) is 10.00 Å². The Hall–Kier alpha value is -1.49. The summed E-state index contributed by atoms with van der Waals surface area (Å²) in [6.45, 7) is 2.78. The van der Waals surface area contributed by atoms with Crippen LogP contribution in [-0.2, 0) is 0 Å². The average molecular weight is 229 g/mol. The van der Waals surface area contributed by atoms with E-state index in [1.54, 1.807) is 0 Å². The summed E-state index contributed by atoms with van der Waals surface area (Å²) in [6.07, 6.45) is 6.68. The van der Waals surface area contributed by atoms with Gasteiger partial charge in [0.25, 0.3) is 0 Å². The molecule has 0 atom stereocenters. The Balaban J connectivity index is 1.90. The van der Waals surface area contributed by atoms with Crippen LogP contribution in [0.2, 0.25) is 0 Å². The molecule has 0 bridgehead atoms. The first-order valence-corrected chi connectivity index (χ1v) is 6.43. The van der Waals surface area contributed by atoms with Crippen LogP contribution >= 0.6 is 0 Å². The molecule has 1 aromatic carbocycles. The molecule has 1 saturated carbocycles. The van der Waals surface area contributed by atoms with Crippen molar-refractivity contribution < 1.29 is 4.74 Å². The van der Waals surface area contributed by atoms with Gasteiger partial charge in [-0.3, -0.25) is 0 Å². The van der Waals surface area contributed by atoms with Crippen molar-refractivity contribution in [2.24, 2.45) is 5.92 Å². The van der Waals surface area contributed by atoms with Gasteiger partial charge in [0.1, 0.15) is 5.75 Å². The van der Waals surface area contributed by atoms with E-state index in [0.717, 1.165) is 29.4 Å². The van der Waals surface area contributed by atoms with Gasteiger partial charge in [-0.2, -0.15) is 5.26 Å². The standard InChI is InChI=1S/C15H19NO/c1-12-9-15(8-7-14(12)10-16)17-11-13-5-3-2-4-6-13/h7-9,13H,2-6,11H2,1H3. The number of ether oxygens (including phenoxy) is 1. The zero-order valence-electron chi connectivity index (χ0n) is 10.4. The van der Waals surface area contributed by atoms with Crippen LogP contribution in [0.25, 0.3) is 0 Å². The van der Waals surface area contributed by atoms with Crippen molar-refractivity contribution in [1.29, 1.82) is 5.26 Å². The molecule has 2 heteroatoms. The first-order chi connectivity index (χ1) is 8.29. The van der Waals surface area contributed by atoms with Gasteiger partial charge in [-0.25, -0.2) is 0 Å². The molecule has 0 spiro atoms. The Labute approximate surface area is 103 Å². The number of hydrogen-bond acceptors (Lipinski definition) is 2. The molecule has 0 radical (unpaired) electrons.